The van der Waals surface area contributed by atoms with E-state index in [9.17, 15) is 0 Å². The molecule has 1 heterocycles. The molecule has 0 amide bonds. The number of hydrogen-bond donors (Lipinski definition) is 0. The monoisotopic (exact) mass is 442 g/mol. The van der Waals surface area contributed by atoms with Gasteiger partial charge in [0.2, 0.25) is 0 Å². The number of piperidine rings is 1. The highest BCUT2D eigenvalue weighted by Gasteiger charge is 2.33. The number of aryl methyl sites for hydroxylation is 1. The topological polar surface area (TPSA) is 3.24 Å². The third-order valence-electron chi connectivity index (χ3n) is 7.11. The van der Waals surface area contributed by atoms with Gasteiger partial charge in [0.05, 0.1) is 26.7 Å². The molecule has 0 N–H and O–H groups in total. The van der Waals surface area contributed by atoms with Crippen LogP contribution in [0.2, 0.25) is 0 Å². The van der Waals surface area contributed by atoms with Crippen LogP contribution in [0, 0.1) is 6.92 Å². The fraction of sp³-hybridized carbons (Fsp3) is 0.520. The number of rotatable bonds is 5. The smallest absolute Gasteiger partial charge is 0.0903 e. The molecule has 1 aliphatic carbocycles. The maximum atomic E-state index is 2.74. The fourth-order valence-corrected chi connectivity index (χ4v) is 5.35. The number of nitrogens with zero attached hydrogens (tertiary/aromatic N) is 2. The van der Waals surface area contributed by atoms with E-state index in [1.165, 1.54) is 67.3 Å². The zero-order valence-electron chi connectivity index (χ0n) is 17.7. The van der Waals surface area contributed by atoms with Crippen molar-refractivity contribution in [2.75, 3.05) is 32.1 Å². The second-order valence-corrected chi connectivity index (χ2v) is 9.25. The molecule has 2 aliphatic rings. The Bertz CT molecular complexity index is 761. The van der Waals surface area contributed by atoms with Crippen molar-refractivity contribution >= 4 is 5.69 Å². The van der Waals surface area contributed by atoms with E-state index in [0.717, 1.165) is 6.04 Å². The van der Waals surface area contributed by atoms with E-state index in [-0.39, 0.29) is 17.0 Å². The predicted octanol–water partition coefficient (Wildman–Crippen LogP) is 1.99. The number of likely N-dealkylation sites (tertiary alicyclic amines) is 1. The standard InChI is InChI=1S/C25H35N2.BrH/c1-20-10-4-7-14-25(20)26(16-15-24-13-8-9-17-27(24,2)3)23-18-21-11-5-6-12-22(21)19-23;/h4-7,10-12,14,23-24H,8-9,13,15-19H2,1-3H3;1H/q+1;/p-1. The Morgan fingerprint density at radius 1 is 0.929 bits per heavy atom. The minimum atomic E-state index is 0. The van der Waals surface area contributed by atoms with Crippen molar-refractivity contribution in [1.29, 1.82) is 0 Å². The lowest BCUT2D eigenvalue weighted by molar-refractivity contribution is -0.920. The molecule has 0 spiro atoms. The van der Waals surface area contributed by atoms with E-state index >= 15 is 0 Å². The molecule has 2 nitrogen and oxygen atoms in total. The van der Waals surface area contributed by atoms with E-state index in [4.69, 9.17) is 0 Å². The van der Waals surface area contributed by atoms with Crippen LogP contribution in [-0.4, -0.2) is 43.8 Å². The number of anilines is 1. The normalized spacial score (nSPS) is 21.0. The average Bonchev–Trinajstić information content (AvgIpc) is 3.08. The van der Waals surface area contributed by atoms with E-state index in [0.29, 0.717) is 6.04 Å². The van der Waals surface area contributed by atoms with Gasteiger partial charge in [0.25, 0.3) is 0 Å². The summed E-state index contributed by atoms with van der Waals surface area (Å²) in [4.78, 5) is 2.74. The fourth-order valence-electron chi connectivity index (χ4n) is 5.35. The van der Waals surface area contributed by atoms with Gasteiger partial charge in [0, 0.05) is 24.7 Å². The zero-order chi connectivity index (χ0) is 18.9. The lowest BCUT2D eigenvalue weighted by Gasteiger charge is -2.43. The van der Waals surface area contributed by atoms with E-state index < -0.39 is 0 Å². The van der Waals surface area contributed by atoms with Crippen LogP contribution in [0.3, 0.4) is 0 Å². The Labute approximate surface area is 181 Å². The lowest BCUT2D eigenvalue weighted by Crippen LogP contribution is -3.00. The first-order chi connectivity index (χ1) is 13.0. The quantitative estimate of drug-likeness (QED) is 0.639. The average molecular weight is 443 g/mol. The number of fused-ring (bicyclic) bond motifs is 1. The Hall–Kier alpha value is -1.32. The highest BCUT2D eigenvalue weighted by atomic mass is 79.9. The van der Waals surface area contributed by atoms with Crippen molar-refractivity contribution in [3.63, 3.8) is 0 Å². The Balaban J connectivity index is 0.00000225. The van der Waals surface area contributed by atoms with Crippen molar-refractivity contribution in [2.24, 2.45) is 0 Å². The van der Waals surface area contributed by atoms with Crippen LogP contribution in [0.15, 0.2) is 48.5 Å². The molecule has 1 unspecified atom stereocenters. The zero-order valence-corrected chi connectivity index (χ0v) is 19.3. The molecule has 1 fully saturated rings. The molecule has 0 saturated carbocycles. The lowest BCUT2D eigenvalue weighted by atomic mass is 9.96. The molecule has 0 aromatic heterocycles. The van der Waals surface area contributed by atoms with Crippen LogP contribution in [0.5, 0.6) is 0 Å². The molecule has 3 heteroatoms. The van der Waals surface area contributed by atoms with Crippen molar-refractivity contribution < 1.29 is 21.5 Å². The number of para-hydroxylation sites is 1. The third-order valence-corrected chi connectivity index (χ3v) is 7.11. The summed E-state index contributed by atoms with van der Waals surface area (Å²) >= 11 is 0. The summed E-state index contributed by atoms with van der Waals surface area (Å²) in [5, 5.41) is 0. The number of quaternary nitrogens is 1. The molecule has 0 radical (unpaired) electrons. The minimum Gasteiger partial charge on any atom is -1.00 e. The van der Waals surface area contributed by atoms with Gasteiger partial charge in [-0.1, -0.05) is 42.5 Å². The molecular weight excluding hydrogens is 408 g/mol. The Kier molecular flexibility index (Phi) is 6.88. The van der Waals surface area contributed by atoms with Crippen LogP contribution < -0.4 is 21.9 Å². The molecule has 0 bridgehead atoms. The molecule has 4 rings (SSSR count). The van der Waals surface area contributed by atoms with Crippen LogP contribution in [-0.2, 0) is 12.8 Å². The summed E-state index contributed by atoms with van der Waals surface area (Å²) in [7, 11) is 4.88. The van der Waals surface area contributed by atoms with E-state index in [2.05, 4.69) is 74.4 Å². The summed E-state index contributed by atoms with van der Waals surface area (Å²) in [5.41, 5.74) is 5.95. The molecule has 1 aliphatic heterocycles. The summed E-state index contributed by atoms with van der Waals surface area (Å²) in [5.74, 6) is 0. The molecule has 2 aromatic carbocycles. The Morgan fingerprint density at radius 3 is 2.21 bits per heavy atom. The van der Waals surface area contributed by atoms with E-state index in [1.807, 2.05) is 0 Å². The summed E-state index contributed by atoms with van der Waals surface area (Å²) in [6, 6.07) is 19.4. The minimum absolute atomic E-state index is 0. The van der Waals surface area contributed by atoms with Gasteiger partial charge in [-0.25, -0.2) is 0 Å². The molecule has 1 saturated heterocycles. The first kappa shape index (κ1) is 21.4. The second kappa shape index (κ2) is 9.00. The predicted molar refractivity (Wildman–Crippen MR) is 115 cm³/mol. The van der Waals surface area contributed by atoms with Crippen molar-refractivity contribution in [3.05, 3.63) is 65.2 Å². The summed E-state index contributed by atoms with van der Waals surface area (Å²) in [6.07, 6.45) is 7.86. The highest BCUT2D eigenvalue weighted by Crippen LogP contribution is 2.32. The van der Waals surface area contributed by atoms with Crippen molar-refractivity contribution in [1.82, 2.24) is 0 Å². The van der Waals surface area contributed by atoms with Gasteiger partial charge in [-0.2, -0.15) is 0 Å². The van der Waals surface area contributed by atoms with Gasteiger partial charge in [-0.05, 0) is 61.8 Å². The van der Waals surface area contributed by atoms with Crippen LogP contribution in [0.25, 0.3) is 0 Å². The third kappa shape index (κ3) is 4.46. The molecule has 1 atom stereocenters. The first-order valence-corrected chi connectivity index (χ1v) is 10.8. The van der Waals surface area contributed by atoms with Gasteiger partial charge in [0.15, 0.2) is 0 Å². The van der Waals surface area contributed by atoms with Crippen molar-refractivity contribution in [3.8, 4) is 0 Å². The summed E-state index contributed by atoms with van der Waals surface area (Å²) < 4.78 is 1.20. The SMILES string of the molecule is Cc1ccccc1N(CCC1CCCC[N+]1(C)C)C1Cc2ccccc2C1.[Br-]. The first-order valence-electron chi connectivity index (χ1n) is 10.8. The van der Waals surface area contributed by atoms with Crippen LogP contribution in [0.1, 0.15) is 42.4 Å². The van der Waals surface area contributed by atoms with Gasteiger partial charge in [0.1, 0.15) is 0 Å². The molecule has 152 valence electrons. The number of halogens is 1. The number of benzene rings is 2. The Morgan fingerprint density at radius 2 is 1.57 bits per heavy atom. The summed E-state index contributed by atoms with van der Waals surface area (Å²) in [6.45, 7) is 4.78. The van der Waals surface area contributed by atoms with E-state index in [1.54, 1.807) is 11.1 Å². The molecule has 2 aromatic rings. The van der Waals surface area contributed by atoms with Gasteiger partial charge in [-0.3, -0.25) is 0 Å². The maximum Gasteiger partial charge on any atom is 0.0903 e. The largest absolute Gasteiger partial charge is 1.00 e. The number of hydrogen-bond acceptors (Lipinski definition) is 1. The van der Waals surface area contributed by atoms with Gasteiger partial charge >= 0.3 is 0 Å². The van der Waals surface area contributed by atoms with Crippen molar-refractivity contribution in [2.45, 2.75) is 57.5 Å². The highest BCUT2D eigenvalue weighted by molar-refractivity contribution is 5.55. The molecule has 28 heavy (non-hydrogen) atoms. The second-order valence-electron chi connectivity index (χ2n) is 9.25. The van der Waals surface area contributed by atoms with Gasteiger partial charge in [-0.15, -0.1) is 0 Å². The van der Waals surface area contributed by atoms with Crippen LogP contribution >= 0.6 is 0 Å². The van der Waals surface area contributed by atoms with Gasteiger partial charge < -0.3 is 26.4 Å². The molecular formula is C25H35BrN2. The maximum absolute atomic E-state index is 2.74. The van der Waals surface area contributed by atoms with Crippen LogP contribution in [0.4, 0.5) is 5.69 Å².